The molecule has 1 aliphatic rings. The zero-order chi connectivity index (χ0) is 24.6. The number of aromatic nitrogens is 1. The predicted molar refractivity (Wildman–Crippen MR) is 131 cm³/mol. The van der Waals surface area contributed by atoms with Crippen molar-refractivity contribution in [2.24, 2.45) is 0 Å². The SMILES string of the molecule is CC(=O)N(CC(=O)OC(C)(C)C)[C@@H]1c2ccccc2CC1NC(=O)c1cc2cc(Cl)ccc2[nH]1. The summed E-state index contributed by atoms with van der Waals surface area (Å²) in [6, 6.07) is 13.9. The highest BCUT2D eigenvalue weighted by Gasteiger charge is 2.40. The first-order valence-electron chi connectivity index (χ1n) is 11.2. The summed E-state index contributed by atoms with van der Waals surface area (Å²) in [4.78, 5) is 43.1. The highest BCUT2D eigenvalue weighted by molar-refractivity contribution is 6.31. The first-order valence-corrected chi connectivity index (χ1v) is 11.6. The number of aromatic amines is 1. The molecule has 4 rings (SSSR count). The quantitative estimate of drug-likeness (QED) is 0.528. The highest BCUT2D eigenvalue weighted by Crippen LogP contribution is 2.36. The van der Waals surface area contributed by atoms with E-state index in [4.69, 9.17) is 16.3 Å². The molecule has 2 amide bonds. The van der Waals surface area contributed by atoms with Gasteiger partial charge in [0.2, 0.25) is 5.91 Å². The van der Waals surface area contributed by atoms with E-state index in [1.165, 1.54) is 11.8 Å². The molecule has 0 aliphatic heterocycles. The molecule has 7 nitrogen and oxygen atoms in total. The fraction of sp³-hybridized carbons (Fsp3) is 0.346. The van der Waals surface area contributed by atoms with Crippen LogP contribution in [0.5, 0.6) is 0 Å². The van der Waals surface area contributed by atoms with Gasteiger partial charge in [-0.25, -0.2) is 0 Å². The lowest BCUT2D eigenvalue weighted by Crippen LogP contribution is -2.48. The second-order valence-corrected chi connectivity index (χ2v) is 10.0. The lowest BCUT2D eigenvalue weighted by Gasteiger charge is -2.33. The van der Waals surface area contributed by atoms with Gasteiger partial charge in [0.05, 0.1) is 12.1 Å². The van der Waals surface area contributed by atoms with Crippen LogP contribution in [-0.4, -0.2) is 45.9 Å². The molecule has 1 unspecified atom stereocenters. The van der Waals surface area contributed by atoms with Gasteiger partial charge in [0.25, 0.3) is 5.91 Å². The standard InChI is InChI=1S/C26H28ClN3O4/c1-15(31)30(14-23(32)34-26(2,3)4)24-19-8-6-5-7-16(19)12-21(24)29-25(33)22-13-17-11-18(27)9-10-20(17)28-22/h5-11,13,21,24,28H,12,14H2,1-4H3,(H,29,33)/t21?,24-/m1/s1. The van der Waals surface area contributed by atoms with Gasteiger partial charge in [-0.3, -0.25) is 14.4 Å². The molecule has 1 aliphatic carbocycles. The molecule has 0 radical (unpaired) electrons. The molecular formula is C26H28ClN3O4. The number of carbonyl (C=O) groups is 3. The number of esters is 1. The lowest BCUT2D eigenvalue weighted by molar-refractivity contribution is -0.159. The minimum absolute atomic E-state index is 0.205. The molecule has 2 atom stereocenters. The zero-order valence-corrected chi connectivity index (χ0v) is 20.4. The molecule has 0 spiro atoms. The van der Waals surface area contributed by atoms with E-state index in [2.05, 4.69) is 10.3 Å². The summed E-state index contributed by atoms with van der Waals surface area (Å²) in [6.45, 7) is 6.56. The van der Waals surface area contributed by atoms with Crippen molar-refractivity contribution < 1.29 is 19.1 Å². The molecule has 34 heavy (non-hydrogen) atoms. The van der Waals surface area contributed by atoms with Gasteiger partial charge >= 0.3 is 5.97 Å². The Hall–Kier alpha value is -3.32. The van der Waals surface area contributed by atoms with Crippen LogP contribution in [0.4, 0.5) is 0 Å². The molecule has 3 aromatic rings. The summed E-state index contributed by atoms with van der Waals surface area (Å²) in [5.41, 5.74) is 2.47. The van der Waals surface area contributed by atoms with Crippen LogP contribution in [0.3, 0.4) is 0 Å². The Labute approximate surface area is 203 Å². The summed E-state index contributed by atoms with van der Waals surface area (Å²) < 4.78 is 5.46. The van der Waals surface area contributed by atoms with E-state index in [0.717, 1.165) is 22.0 Å². The van der Waals surface area contributed by atoms with Crippen molar-refractivity contribution in [1.82, 2.24) is 15.2 Å². The average molecular weight is 482 g/mol. The average Bonchev–Trinajstić information content (AvgIpc) is 3.31. The van der Waals surface area contributed by atoms with Crippen molar-refractivity contribution in [2.45, 2.75) is 51.8 Å². The molecule has 0 saturated heterocycles. The van der Waals surface area contributed by atoms with Crippen molar-refractivity contribution in [3.05, 3.63) is 70.4 Å². The minimum atomic E-state index is -0.667. The van der Waals surface area contributed by atoms with Gasteiger partial charge in [-0.15, -0.1) is 0 Å². The molecule has 0 bridgehead atoms. The van der Waals surface area contributed by atoms with Crippen molar-refractivity contribution in [2.75, 3.05) is 6.54 Å². The van der Waals surface area contributed by atoms with E-state index >= 15 is 0 Å². The molecule has 0 saturated carbocycles. The Balaban J connectivity index is 1.61. The third kappa shape index (κ3) is 5.09. The smallest absolute Gasteiger partial charge is 0.326 e. The van der Waals surface area contributed by atoms with Crippen molar-refractivity contribution >= 4 is 40.3 Å². The second-order valence-electron chi connectivity index (χ2n) is 9.58. The Morgan fingerprint density at radius 1 is 1.15 bits per heavy atom. The topological polar surface area (TPSA) is 91.5 Å². The highest BCUT2D eigenvalue weighted by atomic mass is 35.5. The van der Waals surface area contributed by atoms with Crippen LogP contribution in [0.15, 0.2) is 48.5 Å². The maximum absolute atomic E-state index is 13.2. The number of nitrogens with zero attached hydrogens (tertiary/aromatic N) is 1. The molecule has 1 aromatic heterocycles. The molecule has 0 fully saturated rings. The van der Waals surface area contributed by atoms with E-state index in [1.807, 2.05) is 30.3 Å². The van der Waals surface area contributed by atoms with Gasteiger partial charge in [-0.2, -0.15) is 0 Å². The van der Waals surface area contributed by atoms with Crippen LogP contribution in [0, 0.1) is 0 Å². The summed E-state index contributed by atoms with van der Waals surface area (Å²) >= 11 is 6.07. The number of rotatable bonds is 5. The summed E-state index contributed by atoms with van der Waals surface area (Å²) in [5, 5.41) is 4.50. The Bertz CT molecular complexity index is 1260. The van der Waals surface area contributed by atoms with Crippen LogP contribution < -0.4 is 5.32 Å². The monoisotopic (exact) mass is 481 g/mol. The normalized spacial score (nSPS) is 17.3. The largest absolute Gasteiger partial charge is 0.459 e. The summed E-state index contributed by atoms with van der Waals surface area (Å²) in [7, 11) is 0. The first kappa shape index (κ1) is 23.8. The summed E-state index contributed by atoms with van der Waals surface area (Å²) in [5.74, 6) is -1.06. The fourth-order valence-electron chi connectivity index (χ4n) is 4.48. The van der Waals surface area contributed by atoms with Gasteiger partial charge in [0.15, 0.2) is 0 Å². The van der Waals surface area contributed by atoms with E-state index in [0.29, 0.717) is 17.1 Å². The minimum Gasteiger partial charge on any atom is -0.459 e. The number of nitrogens with one attached hydrogen (secondary N) is 2. The van der Waals surface area contributed by atoms with Gasteiger partial charge in [-0.05, 0) is 62.6 Å². The molecule has 178 valence electrons. The molecule has 2 aromatic carbocycles. The van der Waals surface area contributed by atoms with Gasteiger partial charge in [0.1, 0.15) is 17.8 Å². The van der Waals surface area contributed by atoms with E-state index in [-0.39, 0.29) is 18.4 Å². The molecular weight excluding hydrogens is 454 g/mol. The van der Waals surface area contributed by atoms with Gasteiger partial charge in [0, 0.05) is 22.8 Å². The lowest BCUT2D eigenvalue weighted by atomic mass is 10.0. The number of carbonyl (C=O) groups excluding carboxylic acids is 3. The first-order chi connectivity index (χ1) is 16.0. The number of ether oxygens (including phenoxy) is 1. The Morgan fingerprint density at radius 2 is 1.88 bits per heavy atom. The Morgan fingerprint density at radius 3 is 2.59 bits per heavy atom. The van der Waals surface area contributed by atoms with Gasteiger partial charge < -0.3 is 19.9 Å². The van der Waals surface area contributed by atoms with Crippen LogP contribution in [0.2, 0.25) is 5.02 Å². The number of halogens is 1. The van der Waals surface area contributed by atoms with Crippen molar-refractivity contribution in [3.63, 3.8) is 0 Å². The maximum atomic E-state index is 13.2. The number of hydrogen-bond donors (Lipinski definition) is 2. The fourth-order valence-corrected chi connectivity index (χ4v) is 4.66. The van der Waals surface area contributed by atoms with E-state index < -0.39 is 23.7 Å². The number of H-pyrrole nitrogens is 1. The predicted octanol–water partition coefficient (Wildman–Crippen LogP) is 4.41. The van der Waals surface area contributed by atoms with Crippen molar-refractivity contribution in [1.29, 1.82) is 0 Å². The van der Waals surface area contributed by atoms with E-state index in [9.17, 15) is 14.4 Å². The van der Waals surface area contributed by atoms with Crippen LogP contribution in [-0.2, 0) is 20.7 Å². The van der Waals surface area contributed by atoms with Crippen LogP contribution >= 0.6 is 11.6 Å². The second kappa shape index (κ2) is 9.14. The van der Waals surface area contributed by atoms with Crippen LogP contribution in [0.25, 0.3) is 10.9 Å². The number of hydrogen-bond acceptors (Lipinski definition) is 4. The maximum Gasteiger partial charge on any atom is 0.326 e. The van der Waals surface area contributed by atoms with Crippen molar-refractivity contribution in [3.8, 4) is 0 Å². The number of amides is 2. The Kier molecular flexibility index (Phi) is 6.41. The third-order valence-electron chi connectivity index (χ3n) is 5.80. The zero-order valence-electron chi connectivity index (χ0n) is 19.6. The van der Waals surface area contributed by atoms with Gasteiger partial charge in [-0.1, -0.05) is 35.9 Å². The third-order valence-corrected chi connectivity index (χ3v) is 6.03. The molecule has 2 N–H and O–H groups in total. The molecule has 1 heterocycles. The number of fused-ring (bicyclic) bond motifs is 2. The van der Waals surface area contributed by atoms with E-state index in [1.54, 1.807) is 39.0 Å². The molecule has 8 heteroatoms. The summed E-state index contributed by atoms with van der Waals surface area (Å²) in [6.07, 6.45) is 0.538. The van der Waals surface area contributed by atoms with Crippen LogP contribution in [0.1, 0.15) is 55.4 Å². The number of benzene rings is 2.